The van der Waals surface area contributed by atoms with E-state index in [2.05, 4.69) is 171 Å². The lowest BCUT2D eigenvalue weighted by molar-refractivity contribution is 0.455. The van der Waals surface area contributed by atoms with Gasteiger partial charge in [-0.2, -0.15) is 0 Å². The zero-order valence-corrected chi connectivity index (χ0v) is 31.8. The summed E-state index contributed by atoms with van der Waals surface area (Å²) in [5.74, 6) is 1.77. The van der Waals surface area contributed by atoms with Gasteiger partial charge in [0.15, 0.2) is 5.71 Å². The van der Waals surface area contributed by atoms with E-state index in [1.165, 1.54) is 66.3 Å². The molecule has 0 fully saturated rings. The largest absolute Gasteiger partial charge is 0.455 e. The van der Waals surface area contributed by atoms with Crippen LogP contribution in [0.25, 0.3) is 55.2 Å². The van der Waals surface area contributed by atoms with E-state index in [-0.39, 0.29) is 12.3 Å². The van der Waals surface area contributed by atoms with Gasteiger partial charge >= 0.3 is 6.85 Å². The van der Waals surface area contributed by atoms with E-state index in [9.17, 15) is 0 Å². The summed E-state index contributed by atoms with van der Waals surface area (Å²) in [5, 5.41) is 3.55. The Balaban J connectivity index is 1.22. The monoisotopic (exact) mass is 726 g/mol. The second-order valence-corrected chi connectivity index (χ2v) is 17.3. The molecule has 55 heavy (non-hydrogen) atoms. The number of para-hydroxylation sites is 3. The van der Waals surface area contributed by atoms with E-state index in [1.54, 1.807) is 11.8 Å². The minimum Gasteiger partial charge on any atom is -0.455 e. The number of hydrogen-bond acceptors (Lipinski definition) is 4. The first-order valence-corrected chi connectivity index (χ1v) is 19.9. The molecule has 2 aromatic heterocycles. The van der Waals surface area contributed by atoms with Crippen molar-refractivity contribution in [3.8, 4) is 33.8 Å². The molecule has 7 aromatic carbocycles. The third-order valence-corrected chi connectivity index (χ3v) is 12.9. The lowest BCUT2D eigenvalue weighted by atomic mass is 9.45. The Kier molecular flexibility index (Phi) is 6.25. The SMILES string of the molecule is Cc1cc2c3c(c1)N(c1ccc(C(C)(C)C)cc1-c1ccccc1)c1cc4c(cc1B3n1c3oc5ccccc5c3c3cccc-2c31)Sc1ccccc1O4. The fourth-order valence-corrected chi connectivity index (χ4v) is 10.3. The van der Waals surface area contributed by atoms with Gasteiger partial charge in [0.1, 0.15) is 17.1 Å². The molecule has 3 aliphatic rings. The molecule has 0 saturated heterocycles. The van der Waals surface area contributed by atoms with Crippen LogP contribution in [-0.4, -0.2) is 11.3 Å². The maximum absolute atomic E-state index is 6.91. The molecule has 0 atom stereocenters. The third-order valence-electron chi connectivity index (χ3n) is 11.8. The highest BCUT2D eigenvalue weighted by atomic mass is 32.2. The van der Waals surface area contributed by atoms with Crippen molar-refractivity contribution in [1.82, 2.24) is 4.48 Å². The van der Waals surface area contributed by atoms with Crippen molar-refractivity contribution in [2.24, 2.45) is 0 Å². The quantitative estimate of drug-likeness (QED) is 0.166. The second-order valence-electron chi connectivity index (χ2n) is 16.2. The van der Waals surface area contributed by atoms with Crippen molar-refractivity contribution in [3.05, 3.63) is 151 Å². The molecule has 0 N–H and O–H groups in total. The first-order valence-electron chi connectivity index (χ1n) is 19.0. The average Bonchev–Trinajstić information content (AvgIpc) is 3.73. The number of ether oxygens (including phenoxy) is 1. The van der Waals surface area contributed by atoms with Crippen LogP contribution in [0.3, 0.4) is 0 Å². The Labute approximate surface area is 324 Å². The van der Waals surface area contributed by atoms with Crippen molar-refractivity contribution in [2.45, 2.75) is 42.9 Å². The number of benzene rings is 7. The number of hydrogen-bond donors (Lipinski definition) is 0. The zero-order chi connectivity index (χ0) is 36.7. The molecule has 12 rings (SSSR count). The molecular formula is C49H35BN2O2S. The van der Waals surface area contributed by atoms with Crippen molar-refractivity contribution in [2.75, 3.05) is 4.90 Å². The molecule has 9 aromatic rings. The van der Waals surface area contributed by atoms with Crippen LogP contribution in [0.1, 0.15) is 31.9 Å². The highest BCUT2D eigenvalue weighted by Gasteiger charge is 2.45. The predicted molar refractivity (Wildman–Crippen MR) is 229 cm³/mol. The van der Waals surface area contributed by atoms with Crippen molar-refractivity contribution in [3.63, 3.8) is 0 Å². The van der Waals surface area contributed by atoms with Gasteiger partial charge in [-0.05, 0) is 88.0 Å². The summed E-state index contributed by atoms with van der Waals surface area (Å²) in [6.07, 6.45) is 0. The van der Waals surface area contributed by atoms with Crippen LogP contribution in [0.5, 0.6) is 11.5 Å². The standard InChI is InChI=1S/C49H35BN2O2S/c1-28-23-35-31-16-12-17-33-45-32-15-8-9-18-40(32)54-48(45)52(47(31)33)50-36-26-44-42(53-41-19-10-11-20-43(41)55-44)27-38(36)51(39(24-28)46(35)50)37-22-21-30(49(2,3)4)25-34(37)29-13-6-5-7-14-29/h5-27H,1-4H3. The lowest BCUT2D eigenvalue weighted by Crippen LogP contribution is -2.56. The molecule has 6 heteroatoms. The maximum Gasteiger partial charge on any atom is 0.336 e. The first-order chi connectivity index (χ1) is 26.8. The van der Waals surface area contributed by atoms with E-state index in [1.807, 2.05) is 6.07 Å². The Hall–Kier alpha value is -6.11. The molecular weight excluding hydrogens is 691 g/mol. The van der Waals surface area contributed by atoms with Crippen LogP contribution in [0.2, 0.25) is 0 Å². The van der Waals surface area contributed by atoms with Gasteiger partial charge in [-0.15, -0.1) is 0 Å². The maximum atomic E-state index is 6.91. The van der Waals surface area contributed by atoms with Crippen molar-refractivity contribution >= 4 is 79.6 Å². The third kappa shape index (κ3) is 4.32. The minimum absolute atomic E-state index is 0.0194. The molecule has 262 valence electrons. The summed E-state index contributed by atoms with van der Waals surface area (Å²) in [6, 6.07) is 51.0. The lowest BCUT2D eigenvalue weighted by Gasteiger charge is -2.41. The van der Waals surface area contributed by atoms with Gasteiger partial charge in [0, 0.05) is 44.9 Å². The van der Waals surface area contributed by atoms with Gasteiger partial charge in [-0.3, -0.25) is 0 Å². The summed E-state index contributed by atoms with van der Waals surface area (Å²) in [7, 11) is 0. The predicted octanol–water partition coefficient (Wildman–Crippen LogP) is 12.5. The Bertz CT molecular complexity index is 3120. The number of rotatable bonds is 2. The van der Waals surface area contributed by atoms with E-state index in [0.717, 1.165) is 49.3 Å². The van der Waals surface area contributed by atoms with Gasteiger partial charge in [0.05, 0.1) is 20.9 Å². The first kappa shape index (κ1) is 31.3. The smallest absolute Gasteiger partial charge is 0.336 e. The van der Waals surface area contributed by atoms with Gasteiger partial charge in [0.2, 0.25) is 0 Å². The molecule has 0 aliphatic carbocycles. The average molecular weight is 727 g/mol. The summed E-state index contributed by atoms with van der Waals surface area (Å²) in [5.41, 5.74) is 16.4. The number of anilines is 3. The summed E-state index contributed by atoms with van der Waals surface area (Å²) < 4.78 is 16.2. The van der Waals surface area contributed by atoms with Crippen LogP contribution in [0, 0.1) is 6.92 Å². The number of aryl methyl sites for hydroxylation is 1. The van der Waals surface area contributed by atoms with E-state index in [4.69, 9.17) is 9.15 Å². The number of furan rings is 1. The number of nitrogens with zero attached hydrogens (tertiary/aromatic N) is 2. The van der Waals surface area contributed by atoms with Gasteiger partial charge in [-0.25, -0.2) is 0 Å². The molecule has 3 aliphatic heterocycles. The van der Waals surface area contributed by atoms with Crippen LogP contribution in [0.4, 0.5) is 17.1 Å². The topological polar surface area (TPSA) is 30.5 Å². The number of aromatic nitrogens is 1. The molecule has 0 radical (unpaired) electrons. The van der Waals surface area contributed by atoms with Crippen LogP contribution >= 0.6 is 11.8 Å². The van der Waals surface area contributed by atoms with Crippen molar-refractivity contribution < 1.29 is 9.15 Å². The molecule has 0 spiro atoms. The fraction of sp³-hybridized carbons (Fsp3) is 0.102. The molecule has 0 amide bonds. The van der Waals surface area contributed by atoms with Crippen LogP contribution in [-0.2, 0) is 5.41 Å². The Morgan fingerprint density at radius 2 is 1.42 bits per heavy atom. The fourth-order valence-electron chi connectivity index (χ4n) is 9.36. The van der Waals surface area contributed by atoms with Crippen molar-refractivity contribution in [1.29, 1.82) is 0 Å². The zero-order valence-electron chi connectivity index (χ0n) is 31.0. The molecule has 0 bridgehead atoms. The Morgan fingerprint density at radius 3 is 2.29 bits per heavy atom. The highest BCUT2D eigenvalue weighted by Crippen LogP contribution is 2.53. The van der Waals surface area contributed by atoms with Crippen LogP contribution < -0.4 is 20.6 Å². The molecule has 0 saturated carbocycles. The number of fused-ring (bicyclic) bond motifs is 11. The van der Waals surface area contributed by atoms with Crippen LogP contribution in [0.15, 0.2) is 154 Å². The molecule has 5 heterocycles. The normalized spacial score (nSPS) is 13.8. The minimum atomic E-state index is -0.135. The van der Waals surface area contributed by atoms with E-state index < -0.39 is 0 Å². The second kappa shape index (κ2) is 11.0. The van der Waals surface area contributed by atoms with E-state index >= 15 is 0 Å². The van der Waals surface area contributed by atoms with Gasteiger partial charge in [-0.1, -0.05) is 124 Å². The molecule has 0 unspecified atom stereocenters. The highest BCUT2D eigenvalue weighted by molar-refractivity contribution is 7.99. The van der Waals surface area contributed by atoms with Gasteiger partial charge in [0.25, 0.3) is 0 Å². The Morgan fingerprint density at radius 1 is 0.618 bits per heavy atom. The summed E-state index contributed by atoms with van der Waals surface area (Å²) in [6.45, 7) is 8.98. The molecule has 4 nitrogen and oxygen atoms in total. The van der Waals surface area contributed by atoms with Gasteiger partial charge < -0.3 is 18.5 Å². The summed E-state index contributed by atoms with van der Waals surface area (Å²) in [4.78, 5) is 4.76. The van der Waals surface area contributed by atoms with E-state index in [0.29, 0.717) is 0 Å². The summed E-state index contributed by atoms with van der Waals surface area (Å²) >= 11 is 1.79.